The van der Waals surface area contributed by atoms with E-state index in [1.165, 1.54) is 57.1 Å². The average Bonchev–Trinajstić information content (AvgIpc) is 3.07. The molecule has 0 amide bonds. The van der Waals surface area contributed by atoms with Gasteiger partial charge in [-0.2, -0.15) is 0 Å². The monoisotopic (exact) mass is 334 g/mol. The number of hydrogen-bond donors (Lipinski definition) is 3. The zero-order valence-electron chi connectivity index (χ0n) is 16.0. The quantitative estimate of drug-likeness (QED) is 0.750. The first-order valence-corrected chi connectivity index (χ1v) is 10.2. The molecular formula is C20H38N4. The van der Waals surface area contributed by atoms with Crippen LogP contribution in [0, 0.1) is 5.92 Å². The zero-order valence-corrected chi connectivity index (χ0v) is 16.0. The number of hydrogen-bond acceptors (Lipinski definition) is 3. The predicted molar refractivity (Wildman–Crippen MR) is 102 cm³/mol. The van der Waals surface area contributed by atoms with Crippen LogP contribution in [0.4, 0.5) is 0 Å². The van der Waals surface area contributed by atoms with E-state index in [0.29, 0.717) is 12.0 Å². The van der Waals surface area contributed by atoms with Crippen molar-refractivity contribution in [3.63, 3.8) is 0 Å². The molecule has 138 valence electrons. The lowest BCUT2D eigenvalue weighted by Crippen LogP contribution is -2.36. The molecule has 0 radical (unpaired) electrons. The van der Waals surface area contributed by atoms with Crippen molar-refractivity contribution in [2.45, 2.75) is 96.6 Å². The van der Waals surface area contributed by atoms with Crippen molar-refractivity contribution in [1.29, 1.82) is 0 Å². The van der Waals surface area contributed by atoms with Gasteiger partial charge in [-0.1, -0.05) is 46.5 Å². The summed E-state index contributed by atoms with van der Waals surface area (Å²) in [7, 11) is 0. The first-order valence-electron chi connectivity index (χ1n) is 10.2. The molecule has 0 spiro atoms. The van der Waals surface area contributed by atoms with Crippen molar-refractivity contribution in [2.24, 2.45) is 11.7 Å². The third-order valence-corrected chi connectivity index (χ3v) is 5.37. The molecule has 4 nitrogen and oxygen atoms in total. The predicted octanol–water partition coefficient (Wildman–Crippen LogP) is 4.65. The Morgan fingerprint density at radius 1 is 1.17 bits per heavy atom. The summed E-state index contributed by atoms with van der Waals surface area (Å²) in [6, 6.07) is 0.606. The molecule has 1 saturated heterocycles. The van der Waals surface area contributed by atoms with Crippen molar-refractivity contribution in [1.82, 2.24) is 15.3 Å². The second-order valence-corrected chi connectivity index (χ2v) is 7.88. The van der Waals surface area contributed by atoms with Crippen LogP contribution in [0.2, 0.25) is 0 Å². The van der Waals surface area contributed by atoms with Gasteiger partial charge in [0.2, 0.25) is 0 Å². The van der Waals surface area contributed by atoms with Crippen LogP contribution in [-0.2, 0) is 0 Å². The summed E-state index contributed by atoms with van der Waals surface area (Å²) in [4.78, 5) is 8.09. The van der Waals surface area contributed by atoms with E-state index in [1.807, 2.05) is 6.20 Å². The maximum Gasteiger partial charge on any atom is 0.123 e. The van der Waals surface area contributed by atoms with Gasteiger partial charge in [0.25, 0.3) is 0 Å². The van der Waals surface area contributed by atoms with Crippen LogP contribution >= 0.6 is 0 Å². The van der Waals surface area contributed by atoms with E-state index in [1.54, 1.807) is 0 Å². The second kappa shape index (κ2) is 10.2. The van der Waals surface area contributed by atoms with Crippen molar-refractivity contribution < 1.29 is 0 Å². The molecular weight excluding hydrogens is 296 g/mol. The standard InChI is InChI=1S/C17H30N4.C3H8/c1-12-5-7-13(8-6-12)16-11-20-17(21-16)15(18)10-14-4-2-3-9-19-14;1-3-2/h11-15,19H,2-10,18H2,1H3,(H,20,21);3H2,1-2H3/t12?,13?,14?,15-;/m0./s1. The lowest BCUT2D eigenvalue weighted by atomic mass is 9.82. The van der Waals surface area contributed by atoms with Crippen LogP contribution in [0.1, 0.15) is 102 Å². The number of H-pyrrole nitrogens is 1. The number of aromatic nitrogens is 2. The van der Waals surface area contributed by atoms with Gasteiger partial charge >= 0.3 is 0 Å². The van der Waals surface area contributed by atoms with Crippen LogP contribution < -0.4 is 11.1 Å². The van der Waals surface area contributed by atoms with E-state index in [-0.39, 0.29) is 6.04 Å². The van der Waals surface area contributed by atoms with Crippen LogP contribution in [-0.4, -0.2) is 22.6 Å². The Bertz CT molecular complexity index is 442. The van der Waals surface area contributed by atoms with Gasteiger partial charge in [0.05, 0.1) is 6.04 Å². The molecule has 1 aliphatic carbocycles. The summed E-state index contributed by atoms with van der Waals surface area (Å²) >= 11 is 0. The third-order valence-electron chi connectivity index (χ3n) is 5.37. The number of nitrogens with zero attached hydrogens (tertiary/aromatic N) is 1. The van der Waals surface area contributed by atoms with Crippen molar-refractivity contribution in [2.75, 3.05) is 6.54 Å². The minimum Gasteiger partial charge on any atom is -0.344 e. The highest BCUT2D eigenvalue weighted by molar-refractivity contribution is 5.11. The molecule has 1 saturated carbocycles. The molecule has 4 heteroatoms. The highest BCUT2D eigenvalue weighted by Crippen LogP contribution is 2.35. The molecule has 0 aromatic carbocycles. The first-order chi connectivity index (χ1) is 11.6. The van der Waals surface area contributed by atoms with E-state index in [9.17, 15) is 0 Å². The van der Waals surface area contributed by atoms with Gasteiger partial charge in [-0.05, 0) is 44.6 Å². The Balaban J connectivity index is 0.000000647. The van der Waals surface area contributed by atoms with Gasteiger partial charge in [0, 0.05) is 23.9 Å². The first kappa shape index (κ1) is 19.5. The molecule has 2 atom stereocenters. The van der Waals surface area contributed by atoms with Gasteiger partial charge in [0.1, 0.15) is 5.82 Å². The lowest BCUT2D eigenvalue weighted by molar-refractivity contribution is 0.343. The second-order valence-electron chi connectivity index (χ2n) is 7.88. The van der Waals surface area contributed by atoms with Gasteiger partial charge < -0.3 is 16.0 Å². The van der Waals surface area contributed by atoms with Crippen molar-refractivity contribution in [3.8, 4) is 0 Å². The van der Waals surface area contributed by atoms with Gasteiger partial charge in [-0.3, -0.25) is 0 Å². The Labute approximate surface area is 148 Å². The van der Waals surface area contributed by atoms with Gasteiger partial charge in [0.15, 0.2) is 0 Å². The Morgan fingerprint density at radius 3 is 2.50 bits per heavy atom. The summed E-state index contributed by atoms with van der Waals surface area (Å²) in [6.07, 6.45) is 13.4. The number of rotatable bonds is 4. The van der Waals surface area contributed by atoms with Gasteiger partial charge in [-0.15, -0.1) is 0 Å². The van der Waals surface area contributed by atoms with Crippen LogP contribution in [0.15, 0.2) is 6.20 Å². The zero-order chi connectivity index (χ0) is 17.4. The highest BCUT2D eigenvalue weighted by Gasteiger charge is 2.23. The summed E-state index contributed by atoms with van der Waals surface area (Å²) in [5.41, 5.74) is 7.67. The largest absolute Gasteiger partial charge is 0.344 e. The molecule has 3 rings (SSSR count). The maximum absolute atomic E-state index is 6.36. The topological polar surface area (TPSA) is 66.7 Å². The van der Waals surface area contributed by atoms with E-state index < -0.39 is 0 Å². The smallest absolute Gasteiger partial charge is 0.123 e. The number of aromatic amines is 1. The number of imidazole rings is 1. The highest BCUT2D eigenvalue weighted by atomic mass is 15.0. The third kappa shape index (κ3) is 5.89. The van der Waals surface area contributed by atoms with Crippen LogP contribution in [0.3, 0.4) is 0 Å². The Hall–Kier alpha value is -0.870. The fraction of sp³-hybridized carbons (Fsp3) is 0.850. The normalized spacial score (nSPS) is 28.8. The number of nitrogens with one attached hydrogen (secondary N) is 2. The molecule has 4 N–H and O–H groups in total. The fourth-order valence-corrected chi connectivity index (χ4v) is 3.86. The molecule has 1 aromatic heterocycles. The molecule has 1 unspecified atom stereocenters. The van der Waals surface area contributed by atoms with Crippen molar-refractivity contribution in [3.05, 3.63) is 17.7 Å². The maximum atomic E-state index is 6.36. The lowest BCUT2D eigenvalue weighted by Gasteiger charge is -2.26. The SMILES string of the molecule is CC1CCC(c2cnc([C@@H](N)CC3CCCCN3)[nH]2)CC1.CCC. The fourth-order valence-electron chi connectivity index (χ4n) is 3.86. The number of nitrogens with two attached hydrogens (primary N) is 1. The van der Waals surface area contributed by atoms with Crippen LogP contribution in [0.25, 0.3) is 0 Å². The van der Waals surface area contributed by atoms with E-state index >= 15 is 0 Å². The minimum absolute atomic E-state index is 0.0388. The molecule has 24 heavy (non-hydrogen) atoms. The molecule has 1 aliphatic heterocycles. The summed E-state index contributed by atoms with van der Waals surface area (Å²) in [6.45, 7) is 7.75. The summed E-state index contributed by atoms with van der Waals surface area (Å²) in [5, 5.41) is 3.57. The van der Waals surface area contributed by atoms with E-state index in [0.717, 1.165) is 24.7 Å². The molecule has 2 aliphatic rings. The Kier molecular flexibility index (Phi) is 8.26. The minimum atomic E-state index is 0.0388. The molecule has 1 aromatic rings. The van der Waals surface area contributed by atoms with Crippen molar-refractivity contribution >= 4 is 0 Å². The summed E-state index contributed by atoms with van der Waals surface area (Å²) in [5.74, 6) is 2.54. The summed E-state index contributed by atoms with van der Waals surface area (Å²) < 4.78 is 0. The van der Waals surface area contributed by atoms with E-state index in [4.69, 9.17) is 5.73 Å². The average molecular weight is 335 g/mol. The molecule has 2 fully saturated rings. The molecule has 0 bridgehead atoms. The Morgan fingerprint density at radius 2 is 1.88 bits per heavy atom. The molecule has 2 heterocycles. The van der Waals surface area contributed by atoms with Crippen LogP contribution in [0.5, 0.6) is 0 Å². The number of piperidine rings is 1. The van der Waals surface area contributed by atoms with Gasteiger partial charge in [-0.25, -0.2) is 4.98 Å². The van der Waals surface area contributed by atoms with E-state index in [2.05, 4.69) is 36.1 Å².